The predicted molar refractivity (Wildman–Crippen MR) is 97.8 cm³/mol. The highest BCUT2D eigenvalue weighted by molar-refractivity contribution is 5.94. The summed E-state index contributed by atoms with van der Waals surface area (Å²) < 4.78 is 5.76. The van der Waals surface area contributed by atoms with Gasteiger partial charge in [-0.15, -0.1) is 0 Å². The molecule has 3 rings (SSSR count). The normalized spacial score (nSPS) is 10.2. The summed E-state index contributed by atoms with van der Waals surface area (Å²) in [6.07, 6.45) is 4.34. The molecule has 1 aromatic carbocycles. The van der Waals surface area contributed by atoms with Crippen LogP contribution in [-0.4, -0.2) is 20.9 Å². The second-order valence-electron chi connectivity index (χ2n) is 5.69. The molecule has 0 aliphatic carbocycles. The van der Waals surface area contributed by atoms with Crippen LogP contribution in [0.5, 0.6) is 11.6 Å². The number of hydrogen-bond acceptors (Lipinski definition) is 7. The molecule has 2 heterocycles. The largest absolute Gasteiger partial charge is 0.437 e. The van der Waals surface area contributed by atoms with E-state index in [0.717, 1.165) is 11.1 Å². The molecule has 0 fully saturated rings. The van der Waals surface area contributed by atoms with E-state index in [4.69, 9.17) is 10.5 Å². The van der Waals surface area contributed by atoms with Crippen molar-refractivity contribution in [3.63, 3.8) is 0 Å². The second kappa shape index (κ2) is 7.47. The molecular formula is C18H18N6O2. The topological polar surface area (TPSA) is 115 Å². The van der Waals surface area contributed by atoms with E-state index in [1.165, 1.54) is 12.5 Å². The van der Waals surface area contributed by atoms with E-state index >= 15 is 0 Å². The fourth-order valence-corrected chi connectivity index (χ4v) is 2.35. The lowest BCUT2D eigenvalue weighted by Gasteiger charge is -2.13. The Bertz CT molecular complexity index is 910. The molecule has 0 atom stereocenters. The molecule has 0 aliphatic heterocycles. The van der Waals surface area contributed by atoms with Crippen LogP contribution < -0.4 is 21.3 Å². The third kappa shape index (κ3) is 4.04. The summed E-state index contributed by atoms with van der Waals surface area (Å²) in [5, 5.41) is 0. The highest BCUT2D eigenvalue weighted by atomic mass is 16.5. The summed E-state index contributed by atoms with van der Waals surface area (Å²) in [7, 11) is 0. The Morgan fingerprint density at radius 3 is 2.62 bits per heavy atom. The summed E-state index contributed by atoms with van der Waals surface area (Å²) in [4.78, 5) is 24.0. The number of nitrogen functional groups attached to an aromatic ring is 1. The molecule has 3 aromatic rings. The van der Waals surface area contributed by atoms with E-state index in [2.05, 4.69) is 25.8 Å². The number of hydrazine groups is 1. The number of nitrogens with one attached hydrogen (secondary N) is 2. The number of aromatic nitrogens is 3. The Balaban J connectivity index is 1.73. The number of anilines is 2. The zero-order valence-electron chi connectivity index (χ0n) is 14.4. The number of carbonyl (C=O) groups excluding carboxylic acids is 1. The molecule has 1 amide bonds. The standard InChI is InChI=1S/C18H18N6O2/c1-11-6-12(2)8-14(7-11)26-18-15(19)16(21-10-22-18)23-24-17(25)13-4-3-5-20-9-13/h3-10H,19H2,1-2H3,(H,24,25)(H,21,22,23). The first kappa shape index (κ1) is 17.2. The van der Waals surface area contributed by atoms with E-state index in [-0.39, 0.29) is 23.3 Å². The van der Waals surface area contributed by atoms with Gasteiger partial charge in [-0.3, -0.25) is 20.6 Å². The van der Waals surface area contributed by atoms with Gasteiger partial charge in [-0.25, -0.2) is 4.98 Å². The van der Waals surface area contributed by atoms with Gasteiger partial charge in [-0.1, -0.05) is 6.07 Å². The third-order valence-corrected chi connectivity index (χ3v) is 3.48. The fraction of sp³-hybridized carbons (Fsp3) is 0.111. The minimum atomic E-state index is -0.368. The number of nitrogens with two attached hydrogens (primary N) is 1. The van der Waals surface area contributed by atoms with Crippen LogP contribution >= 0.6 is 0 Å². The number of rotatable bonds is 5. The van der Waals surface area contributed by atoms with Crippen LogP contribution in [-0.2, 0) is 0 Å². The summed E-state index contributed by atoms with van der Waals surface area (Å²) >= 11 is 0. The lowest BCUT2D eigenvalue weighted by molar-refractivity contribution is 0.0962. The molecule has 0 aliphatic rings. The van der Waals surface area contributed by atoms with Gasteiger partial charge in [0, 0.05) is 12.4 Å². The van der Waals surface area contributed by atoms with Crippen molar-refractivity contribution in [3.8, 4) is 11.6 Å². The van der Waals surface area contributed by atoms with Gasteiger partial charge in [0.05, 0.1) is 5.56 Å². The van der Waals surface area contributed by atoms with E-state index in [9.17, 15) is 4.79 Å². The van der Waals surface area contributed by atoms with E-state index in [1.54, 1.807) is 18.3 Å². The van der Waals surface area contributed by atoms with Crippen LogP contribution in [0.3, 0.4) is 0 Å². The van der Waals surface area contributed by atoms with Crippen LogP contribution in [0.2, 0.25) is 0 Å². The molecule has 4 N–H and O–H groups in total. The fourth-order valence-electron chi connectivity index (χ4n) is 2.35. The van der Waals surface area contributed by atoms with E-state index in [0.29, 0.717) is 11.3 Å². The Morgan fingerprint density at radius 1 is 1.15 bits per heavy atom. The molecule has 8 nitrogen and oxygen atoms in total. The lowest BCUT2D eigenvalue weighted by Crippen LogP contribution is -2.30. The van der Waals surface area contributed by atoms with Crippen LogP contribution in [0.25, 0.3) is 0 Å². The number of pyridine rings is 1. The van der Waals surface area contributed by atoms with E-state index in [1.807, 2.05) is 32.0 Å². The van der Waals surface area contributed by atoms with Crippen LogP contribution in [0, 0.1) is 13.8 Å². The van der Waals surface area contributed by atoms with Gasteiger partial charge >= 0.3 is 0 Å². The monoisotopic (exact) mass is 350 g/mol. The van der Waals surface area contributed by atoms with Crippen molar-refractivity contribution in [1.29, 1.82) is 0 Å². The maximum absolute atomic E-state index is 12.1. The highest BCUT2D eigenvalue weighted by Gasteiger charge is 2.12. The Hall–Kier alpha value is -3.68. The number of amides is 1. The molecular weight excluding hydrogens is 332 g/mol. The van der Waals surface area contributed by atoms with Gasteiger partial charge in [0.25, 0.3) is 5.91 Å². The molecule has 0 radical (unpaired) electrons. The van der Waals surface area contributed by atoms with Crippen molar-refractivity contribution in [2.24, 2.45) is 0 Å². The number of nitrogens with zero attached hydrogens (tertiary/aromatic N) is 3. The van der Waals surface area contributed by atoms with Crippen molar-refractivity contribution < 1.29 is 9.53 Å². The first-order valence-electron chi connectivity index (χ1n) is 7.86. The number of carbonyl (C=O) groups is 1. The minimum absolute atomic E-state index is 0.179. The molecule has 26 heavy (non-hydrogen) atoms. The van der Waals surface area contributed by atoms with Crippen molar-refractivity contribution >= 4 is 17.4 Å². The molecule has 0 saturated heterocycles. The quantitative estimate of drug-likeness (QED) is 0.606. The van der Waals surface area contributed by atoms with Crippen molar-refractivity contribution in [2.45, 2.75) is 13.8 Å². The first-order valence-corrected chi connectivity index (χ1v) is 7.86. The second-order valence-corrected chi connectivity index (χ2v) is 5.69. The molecule has 0 saturated carbocycles. The lowest BCUT2D eigenvalue weighted by atomic mass is 10.1. The average Bonchev–Trinajstić information content (AvgIpc) is 2.62. The molecule has 0 spiro atoms. The molecule has 0 bridgehead atoms. The molecule has 2 aromatic heterocycles. The zero-order chi connectivity index (χ0) is 18.5. The number of hydrogen-bond donors (Lipinski definition) is 3. The molecule has 132 valence electrons. The third-order valence-electron chi connectivity index (χ3n) is 3.48. The smallest absolute Gasteiger partial charge is 0.271 e. The van der Waals surface area contributed by atoms with Gasteiger partial charge in [-0.2, -0.15) is 4.98 Å². The molecule has 0 unspecified atom stereocenters. The number of aryl methyl sites for hydroxylation is 2. The van der Waals surface area contributed by atoms with Crippen LogP contribution in [0.4, 0.5) is 11.5 Å². The predicted octanol–water partition coefficient (Wildman–Crippen LogP) is 2.62. The molecule has 8 heteroatoms. The summed E-state index contributed by atoms with van der Waals surface area (Å²) in [6, 6.07) is 9.11. The maximum Gasteiger partial charge on any atom is 0.271 e. The zero-order valence-corrected chi connectivity index (χ0v) is 14.4. The summed E-state index contributed by atoms with van der Waals surface area (Å²) in [5.74, 6) is 0.686. The SMILES string of the molecule is Cc1cc(C)cc(Oc2ncnc(NNC(=O)c3cccnc3)c2N)c1. The number of ether oxygens (including phenoxy) is 1. The van der Waals surface area contributed by atoms with Gasteiger partial charge in [0.15, 0.2) is 5.82 Å². The first-order chi connectivity index (χ1) is 12.5. The van der Waals surface area contributed by atoms with Crippen molar-refractivity contribution in [2.75, 3.05) is 11.2 Å². The summed E-state index contributed by atoms with van der Waals surface area (Å²) in [5.41, 5.74) is 14.0. The number of benzene rings is 1. The van der Waals surface area contributed by atoms with Crippen molar-refractivity contribution in [1.82, 2.24) is 20.4 Å². The van der Waals surface area contributed by atoms with Crippen LogP contribution in [0.1, 0.15) is 21.5 Å². The maximum atomic E-state index is 12.1. The Kier molecular flexibility index (Phi) is 4.93. The van der Waals surface area contributed by atoms with Gasteiger partial charge in [0.1, 0.15) is 17.8 Å². The Morgan fingerprint density at radius 2 is 1.92 bits per heavy atom. The average molecular weight is 350 g/mol. The minimum Gasteiger partial charge on any atom is -0.437 e. The van der Waals surface area contributed by atoms with Crippen LogP contribution in [0.15, 0.2) is 49.1 Å². The van der Waals surface area contributed by atoms with E-state index < -0.39 is 0 Å². The van der Waals surface area contributed by atoms with Gasteiger partial charge < -0.3 is 10.5 Å². The summed E-state index contributed by atoms with van der Waals surface area (Å²) in [6.45, 7) is 3.95. The van der Waals surface area contributed by atoms with Crippen molar-refractivity contribution in [3.05, 3.63) is 65.7 Å². The van der Waals surface area contributed by atoms with Gasteiger partial charge in [-0.05, 0) is 49.2 Å². The highest BCUT2D eigenvalue weighted by Crippen LogP contribution is 2.29. The van der Waals surface area contributed by atoms with Gasteiger partial charge in [0.2, 0.25) is 5.88 Å². The Labute approximate surface area is 150 Å².